The van der Waals surface area contributed by atoms with Gasteiger partial charge >= 0.3 is 6.03 Å². The number of para-hydroxylation sites is 1. The first kappa shape index (κ1) is 29.5. The number of aliphatic hydroxyl groups excluding tert-OH is 1. The van der Waals surface area contributed by atoms with E-state index in [2.05, 4.69) is 10.0 Å². The summed E-state index contributed by atoms with van der Waals surface area (Å²) in [6.07, 6.45) is -0.598. The summed E-state index contributed by atoms with van der Waals surface area (Å²) in [6.45, 7) is 7.52. The van der Waals surface area contributed by atoms with E-state index in [1.54, 1.807) is 31.0 Å². The predicted octanol–water partition coefficient (Wildman–Crippen LogP) is 3.41. The van der Waals surface area contributed by atoms with Gasteiger partial charge in [-0.25, -0.2) is 13.2 Å². The zero-order valence-corrected chi connectivity index (χ0v) is 23.7. The van der Waals surface area contributed by atoms with Crippen molar-refractivity contribution in [1.29, 1.82) is 0 Å². The third kappa shape index (κ3) is 6.89. The Bertz CT molecular complexity index is 1250. The number of aliphatic hydroxyl groups is 1. The number of anilines is 1. The van der Waals surface area contributed by atoms with E-state index in [1.807, 2.05) is 20.8 Å². The van der Waals surface area contributed by atoms with Crippen molar-refractivity contribution < 1.29 is 27.9 Å². The fourth-order valence-corrected chi connectivity index (χ4v) is 5.26. The molecule has 3 amide bonds. The van der Waals surface area contributed by atoms with Gasteiger partial charge in [-0.2, -0.15) is 0 Å². The van der Waals surface area contributed by atoms with E-state index in [0.717, 1.165) is 0 Å². The zero-order valence-electron chi connectivity index (χ0n) is 22.1. The quantitative estimate of drug-likeness (QED) is 0.449. The molecule has 208 valence electrons. The number of rotatable bonds is 8. The molecule has 0 fully saturated rings. The van der Waals surface area contributed by atoms with Crippen LogP contribution in [0, 0.1) is 5.92 Å². The van der Waals surface area contributed by atoms with Crippen LogP contribution >= 0.6 is 11.6 Å². The van der Waals surface area contributed by atoms with Crippen LogP contribution in [-0.2, 0) is 10.0 Å². The molecule has 0 aromatic heterocycles. The number of nitrogens with one attached hydrogen (secondary N) is 2. The summed E-state index contributed by atoms with van der Waals surface area (Å²) >= 11 is 5.91. The Labute approximate surface area is 229 Å². The Balaban J connectivity index is 2.05. The molecule has 1 aliphatic heterocycles. The van der Waals surface area contributed by atoms with Crippen LogP contribution < -0.4 is 14.8 Å². The van der Waals surface area contributed by atoms with Crippen molar-refractivity contribution in [2.75, 3.05) is 31.5 Å². The van der Waals surface area contributed by atoms with Crippen molar-refractivity contribution in [3.8, 4) is 5.75 Å². The molecule has 1 aliphatic rings. The molecule has 0 unspecified atom stereocenters. The number of sulfonamides is 1. The van der Waals surface area contributed by atoms with Crippen LogP contribution in [0.15, 0.2) is 47.4 Å². The summed E-state index contributed by atoms with van der Waals surface area (Å²) in [5.74, 6) is -0.610. The molecule has 3 rings (SSSR count). The minimum absolute atomic E-state index is 0.0118. The lowest BCUT2D eigenvalue weighted by atomic mass is 9.99. The van der Waals surface area contributed by atoms with Crippen LogP contribution in [-0.4, -0.2) is 80.2 Å². The van der Waals surface area contributed by atoms with Crippen molar-refractivity contribution in [1.82, 2.24) is 15.1 Å². The van der Waals surface area contributed by atoms with E-state index < -0.39 is 28.1 Å². The summed E-state index contributed by atoms with van der Waals surface area (Å²) in [6, 6.07) is 9.47. The highest BCUT2D eigenvalue weighted by atomic mass is 35.5. The molecule has 38 heavy (non-hydrogen) atoms. The van der Waals surface area contributed by atoms with Crippen molar-refractivity contribution in [3.05, 3.63) is 53.1 Å². The Morgan fingerprint density at radius 3 is 2.47 bits per heavy atom. The third-order valence-electron chi connectivity index (χ3n) is 6.27. The molecule has 2 aromatic rings. The smallest absolute Gasteiger partial charge is 0.317 e. The van der Waals surface area contributed by atoms with Gasteiger partial charge in [0.05, 0.1) is 35.3 Å². The molecular formula is C26H35ClN4O6S. The lowest BCUT2D eigenvalue weighted by molar-refractivity contribution is 0.0369. The number of halogens is 1. The molecule has 0 spiro atoms. The number of hydrogen-bond donors (Lipinski definition) is 3. The second-order valence-corrected chi connectivity index (χ2v) is 12.0. The van der Waals surface area contributed by atoms with Crippen LogP contribution in [0.5, 0.6) is 5.75 Å². The van der Waals surface area contributed by atoms with Gasteiger partial charge in [0.2, 0.25) is 0 Å². The highest BCUT2D eigenvalue weighted by Gasteiger charge is 2.35. The van der Waals surface area contributed by atoms with Crippen LogP contribution in [0.3, 0.4) is 0 Å². The number of carbonyl (C=O) groups is 2. The number of carbonyl (C=O) groups excluding carboxylic acids is 2. The van der Waals surface area contributed by atoms with Gasteiger partial charge in [-0.3, -0.25) is 9.52 Å². The monoisotopic (exact) mass is 566 g/mol. The number of fused-ring (bicyclic) bond motifs is 1. The van der Waals surface area contributed by atoms with Gasteiger partial charge in [-0.05, 0) is 57.2 Å². The lowest BCUT2D eigenvalue weighted by Gasteiger charge is -2.38. The molecule has 0 bridgehead atoms. The van der Waals surface area contributed by atoms with Crippen LogP contribution in [0.1, 0.15) is 38.1 Å². The molecule has 10 nitrogen and oxygen atoms in total. The van der Waals surface area contributed by atoms with E-state index in [4.69, 9.17) is 16.3 Å². The topological polar surface area (TPSA) is 128 Å². The summed E-state index contributed by atoms with van der Waals surface area (Å²) in [4.78, 5) is 29.2. The number of nitrogens with zero attached hydrogens (tertiary/aromatic N) is 2. The maximum atomic E-state index is 13.6. The molecule has 0 saturated carbocycles. The van der Waals surface area contributed by atoms with Gasteiger partial charge in [-0.15, -0.1) is 0 Å². The number of amides is 3. The standard InChI is InChI=1S/C26H35ClN4O6S/c1-16(2)28-26(34)30(5)14-23-17(3)13-31(18(4)15-32)25(33)21-7-6-8-22(24(21)37-23)29-38(35,36)20-11-9-19(27)10-12-20/h6-12,16-18,23,29,32H,13-15H2,1-5H3,(H,28,34)/t17-,18+,23+/m0/s1. The van der Waals surface area contributed by atoms with Gasteiger partial charge in [0.25, 0.3) is 15.9 Å². The first-order valence-corrected chi connectivity index (χ1v) is 14.2. The van der Waals surface area contributed by atoms with Crippen LogP contribution in [0.2, 0.25) is 5.02 Å². The minimum Gasteiger partial charge on any atom is -0.485 e. The van der Waals surface area contributed by atoms with E-state index >= 15 is 0 Å². The maximum absolute atomic E-state index is 13.6. The molecule has 3 N–H and O–H groups in total. The molecule has 2 aromatic carbocycles. The Morgan fingerprint density at radius 2 is 1.87 bits per heavy atom. The average Bonchev–Trinajstić information content (AvgIpc) is 2.85. The van der Waals surface area contributed by atoms with Crippen molar-refractivity contribution in [3.63, 3.8) is 0 Å². The van der Waals surface area contributed by atoms with E-state index in [-0.39, 0.29) is 59.6 Å². The zero-order chi connectivity index (χ0) is 28.2. The Kier molecular flexibility index (Phi) is 9.50. The second kappa shape index (κ2) is 12.2. The van der Waals surface area contributed by atoms with Gasteiger partial charge in [0.15, 0.2) is 5.75 Å². The first-order valence-electron chi connectivity index (χ1n) is 12.4. The fraction of sp³-hybridized carbons (Fsp3) is 0.462. The molecule has 12 heteroatoms. The van der Waals surface area contributed by atoms with Gasteiger partial charge in [0, 0.05) is 30.6 Å². The lowest BCUT2D eigenvalue weighted by Crippen LogP contribution is -2.51. The number of benzene rings is 2. The molecule has 1 heterocycles. The van der Waals surface area contributed by atoms with E-state index in [1.165, 1.54) is 35.2 Å². The second-order valence-electron chi connectivity index (χ2n) is 9.85. The molecule has 0 saturated heterocycles. The van der Waals surface area contributed by atoms with Gasteiger partial charge in [0.1, 0.15) is 6.10 Å². The minimum atomic E-state index is -4.05. The molecule has 3 atom stereocenters. The van der Waals surface area contributed by atoms with Crippen LogP contribution in [0.25, 0.3) is 0 Å². The van der Waals surface area contributed by atoms with Crippen molar-refractivity contribution >= 4 is 39.2 Å². The summed E-state index contributed by atoms with van der Waals surface area (Å²) in [5.41, 5.74) is 0.226. The number of likely N-dealkylation sites (N-methyl/N-ethyl adjacent to an activating group) is 1. The number of hydrogen-bond acceptors (Lipinski definition) is 6. The van der Waals surface area contributed by atoms with Crippen molar-refractivity contribution in [2.45, 2.75) is 50.8 Å². The van der Waals surface area contributed by atoms with Gasteiger partial charge < -0.3 is 25.0 Å². The highest BCUT2D eigenvalue weighted by molar-refractivity contribution is 7.92. The fourth-order valence-electron chi connectivity index (χ4n) is 4.07. The van der Waals surface area contributed by atoms with Crippen molar-refractivity contribution in [2.24, 2.45) is 5.92 Å². The highest BCUT2D eigenvalue weighted by Crippen LogP contribution is 2.36. The van der Waals surface area contributed by atoms with E-state index in [0.29, 0.717) is 5.02 Å². The van der Waals surface area contributed by atoms with Crippen LogP contribution in [0.4, 0.5) is 10.5 Å². The molecule has 0 aliphatic carbocycles. The summed E-state index contributed by atoms with van der Waals surface area (Å²) in [7, 11) is -2.40. The Morgan fingerprint density at radius 1 is 1.21 bits per heavy atom. The van der Waals surface area contributed by atoms with E-state index in [9.17, 15) is 23.1 Å². The third-order valence-corrected chi connectivity index (χ3v) is 7.91. The normalized spacial score (nSPS) is 18.6. The maximum Gasteiger partial charge on any atom is 0.317 e. The SMILES string of the molecule is CC(C)NC(=O)N(C)C[C@H]1Oc2c(NS(=O)(=O)c3ccc(Cl)cc3)cccc2C(=O)N([C@H](C)CO)C[C@@H]1C. The number of urea groups is 1. The molecular weight excluding hydrogens is 532 g/mol. The first-order chi connectivity index (χ1) is 17.8. The largest absolute Gasteiger partial charge is 0.485 e. The number of ether oxygens (including phenoxy) is 1. The predicted molar refractivity (Wildman–Crippen MR) is 146 cm³/mol. The Hall–Kier alpha value is -3.02. The summed E-state index contributed by atoms with van der Waals surface area (Å²) < 4.78 is 35.2. The summed E-state index contributed by atoms with van der Waals surface area (Å²) in [5, 5.41) is 13.1. The van der Waals surface area contributed by atoms with Gasteiger partial charge in [-0.1, -0.05) is 24.6 Å². The molecule has 0 radical (unpaired) electrons. The average molecular weight is 567 g/mol.